The van der Waals surface area contributed by atoms with Crippen molar-refractivity contribution in [3.05, 3.63) is 40.3 Å². The fourth-order valence-corrected chi connectivity index (χ4v) is 2.33. The number of aromatic nitrogens is 2. The van der Waals surface area contributed by atoms with E-state index in [1.54, 1.807) is 6.20 Å². The highest BCUT2D eigenvalue weighted by molar-refractivity contribution is 9.10. The smallest absolute Gasteiger partial charge is 0.304 e. The third kappa shape index (κ3) is 3.23. The number of nitrogens with zero attached hydrogens (tertiary/aromatic N) is 1. The molecule has 100 valence electrons. The largest absolute Gasteiger partial charge is 0.481 e. The summed E-state index contributed by atoms with van der Waals surface area (Å²) >= 11 is 3.45. The Labute approximate surface area is 120 Å². The molecule has 1 unspecified atom stereocenters. The second-order valence-corrected chi connectivity index (χ2v) is 5.56. The molecule has 0 aliphatic carbocycles. The fourth-order valence-electron chi connectivity index (χ4n) is 1.97. The highest BCUT2D eigenvalue weighted by Gasteiger charge is 2.14. The van der Waals surface area contributed by atoms with Crippen LogP contribution in [0.1, 0.15) is 30.7 Å². The Morgan fingerprint density at radius 2 is 2.26 bits per heavy atom. The van der Waals surface area contributed by atoms with Crippen LogP contribution in [0.25, 0.3) is 11.3 Å². The number of benzene rings is 1. The number of carboxylic acids is 1. The van der Waals surface area contributed by atoms with Gasteiger partial charge in [0.2, 0.25) is 0 Å². The highest BCUT2D eigenvalue weighted by Crippen LogP contribution is 2.27. The number of aryl methyl sites for hydroxylation is 1. The van der Waals surface area contributed by atoms with Crippen LogP contribution in [0.4, 0.5) is 0 Å². The summed E-state index contributed by atoms with van der Waals surface area (Å²) in [7, 11) is 0. The lowest BCUT2D eigenvalue weighted by Crippen LogP contribution is -2.04. The summed E-state index contributed by atoms with van der Waals surface area (Å²) in [5, 5.41) is 8.80. The van der Waals surface area contributed by atoms with Gasteiger partial charge in [-0.15, -0.1) is 0 Å². The molecule has 0 amide bonds. The summed E-state index contributed by atoms with van der Waals surface area (Å²) in [5.41, 5.74) is 3.12. The Balaban J connectivity index is 2.30. The van der Waals surface area contributed by atoms with Crippen LogP contribution in [-0.4, -0.2) is 21.0 Å². The first-order valence-electron chi connectivity index (χ1n) is 6.00. The number of H-pyrrole nitrogens is 1. The van der Waals surface area contributed by atoms with E-state index in [-0.39, 0.29) is 12.3 Å². The van der Waals surface area contributed by atoms with E-state index in [0.29, 0.717) is 5.82 Å². The van der Waals surface area contributed by atoms with E-state index < -0.39 is 5.97 Å². The minimum Gasteiger partial charge on any atom is -0.481 e. The molecule has 5 heteroatoms. The summed E-state index contributed by atoms with van der Waals surface area (Å²) in [6.45, 7) is 3.88. The van der Waals surface area contributed by atoms with Crippen molar-refractivity contribution in [3.63, 3.8) is 0 Å². The van der Waals surface area contributed by atoms with Crippen LogP contribution in [0.5, 0.6) is 0 Å². The van der Waals surface area contributed by atoms with Gasteiger partial charge in [-0.3, -0.25) is 4.79 Å². The van der Waals surface area contributed by atoms with Crippen LogP contribution in [0.15, 0.2) is 28.9 Å². The van der Waals surface area contributed by atoms with Gasteiger partial charge in [0, 0.05) is 16.0 Å². The van der Waals surface area contributed by atoms with E-state index in [1.165, 1.54) is 0 Å². The van der Waals surface area contributed by atoms with E-state index in [4.69, 9.17) is 5.11 Å². The second kappa shape index (κ2) is 5.57. The first kappa shape index (κ1) is 13.8. The molecule has 0 saturated carbocycles. The Hall–Kier alpha value is -1.62. The number of imidazole rings is 1. The number of nitrogens with one attached hydrogen (secondary N) is 1. The molecular weight excluding hydrogens is 308 g/mol. The molecule has 0 bridgehead atoms. The van der Waals surface area contributed by atoms with E-state index in [9.17, 15) is 4.79 Å². The predicted octanol–water partition coefficient (Wildman–Crippen LogP) is 3.73. The Morgan fingerprint density at radius 1 is 1.53 bits per heavy atom. The minimum atomic E-state index is -0.816. The van der Waals surface area contributed by atoms with Gasteiger partial charge < -0.3 is 10.1 Å². The van der Waals surface area contributed by atoms with Crippen molar-refractivity contribution in [2.45, 2.75) is 26.2 Å². The van der Waals surface area contributed by atoms with Crippen molar-refractivity contribution in [1.82, 2.24) is 9.97 Å². The number of carbonyl (C=O) groups is 1. The van der Waals surface area contributed by atoms with E-state index in [0.717, 1.165) is 21.3 Å². The van der Waals surface area contributed by atoms with Crippen molar-refractivity contribution in [3.8, 4) is 11.3 Å². The zero-order valence-corrected chi connectivity index (χ0v) is 12.4. The molecule has 4 nitrogen and oxygen atoms in total. The van der Waals surface area contributed by atoms with Crippen molar-refractivity contribution in [2.75, 3.05) is 0 Å². The van der Waals surface area contributed by atoms with Crippen LogP contribution < -0.4 is 0 Å². The summed E-state index contributed by atoms with van der Waals surface area (Å²) in [4.78, 5) is 18.2. The fraction of sp³-hybridized carbons (Fsp3) is 0.286. The first-order chi connectivity index (χ1) is 8.97. The lowest BCUT2D eigenvalue weighted by atomic mass is 10.1. The number of hydrogen-bond donors (Lipinski definition) is 2. The Kier molecular flexibility index (Phi) is 4.04. The maximum Gasteiger partial charge on any atom is 0.304 e. The third-order valence-corrected chi connectivity index (χ3v) is 3.53. The lowest BCUT2D eigenvalue weighted by molar-refractivity contribution is -0.137. The van der Waals surface area contributed by atoms with Crippen LogP contribution in [0.2, 0.25) is 0 Å². The maximum absolute atomic E-state index is 10.7. The van der Waals surface area contributed by atoms with Crippen LogP contribution in [-0.2, 0) is 4.79 Å². The molecule has 0 aliphatic rings. The monoisotopic (exact) mass is 322 g/mol. The number of carboxylic acid groups (broad SMARTS) is 1. The van der Waals surface area contributed by atoms with Crippen molar-refractivity contribution in [1.29, 1.82) is 0 Å². The topological polar surface area (TPSA) is 66.0 Å². The standard InChI is InChI=1S/C14H15BrN2O2/c1-8-3-4-10(15)6-11(8)12-7-16-14(17-12)9(2)5-13(18)19/h3-4,6-7,9H,5H2,1-2H3,(H,16,17)(H,18,19). The predicted molar refractivity (Wildman–Crippen MR) is 77.1 cm³/mol. The van der Waals surface area contributed by atoms with Gasteiger partial charge in [-0.05, 0) is 24.6 Å². The quantitative estimate of drug-likeness (QED) is 0.901. The number of aromatic amines is 1. The summed E-state index contributed by atoms with van der Waals surface area (Å²) < 4.78 is 1.00. The SMILES string of the molecule is Cc1ccc(Br)cc1-c1cnc(C(C)CC(=O)O)[nH]1. The average Bonchev–Trinajstić information content (AvgIpc) is 2.80. The molecule has 0 saturated heterocycles. The Morgan fingerprint density at radius 3 is 2.95 bits per heavy atom. The molecule has 1 atom stereocenters. The van der Waals surface area contributed by atoms with Gasteiger partial charge in [0.05, 0.1) is 18.3 Å². The summed E-state index contributed by atoms with van der Waals surface area (Å²) in [5.74, 6) is -0.237. The Bertz CT molecular complexity index is 607. The van der Waals surface area contributed by atoms with Crippen molar-refractivity contribution >= 4 is 21.9 Å². The maximum atomic E-state index is 10.7. The average molecular weight is 323 g/mol. The van der Waals surface area contributed by atoms with Gasteiger partial charge in [-0.2, -0.15) is 0 Å². The molecular formula is C14H15BrN2O2. The normalized spacial score (nSPS) is 12.4. The zero-order valence-electron chi connectivity index (χ0n) is 10.8. The van der Waals surface area contributed by atoms with Gasteiger partial charge >= 0.3 is 5.97 Å². The third-order valence-electron chi connectivity index (χ3n) is 3.03. The van der Waals surface area contributed by atoms with E-state index in [2.05, 4.69) is 25.9 Å². The van der Waals surface area contributed by atoms with Gasteiger partial charge in [0.15, 0.2) is 0 Å². The molecule has 1 aromatic heterocycles. The molecule has 0 radical (unpaired) electrons. The summed E-state index contributed by atoms with van der Waals surface area (Å²) in [6, 6.07) is 6.04. The minimum absolute atomic E-state index is 0.0738. The van der Waals surface area contributed by atoms with Crippen LogP contribution in [0.3, 0.4) is 0 Å². The summed E-state index contributed by atoms with van der Waals surface area (Å²) in [6.07, 6.45) is 1.83. The van der Waals surface area contributed by atoms with E-state index in [1.807, 2.05) is 32.0 Å². The molecule has 0 aliphatic heterocycles. The molecule has 1 heterocycles. The van der Waals surface area contributed by atoms with Gasteiger partial charge in [0.25, 0.3) is 0 Å². The number of rotatable bonds is 4. The van der Waals surface area contributed by atoms with Crippen LogP contribution >= 0.6 is 15.9 Å². The van der Waals surface area contributed by atoms with Crippen molar-refractivity contribution < 1.29 is 9.90 Å². The molecule has 2 rings (SSSR count). The lowest BCUT2D eigenvalue weighted by Gasteiger charge is -2.06. The molecule has 19 heavy (non-hydrogen) atoms. The first-order valence-corrected chi connectivity index (χ1v) is 6.80. The molecule has 2 aromatic rings. The van der Waals surface area contributed by atoms with Crippen LogP contribution in [0, 0.1) is 6.92 Å². The number of aliphatic carboxylic acids is 1. The molecule has 0 spiro atoms. The zero-order chi connectivity index (χ0) is 14.0. The molecule has 2 N–H and O–H groups in total. The van der Waals surface area contributed by atoms with Gasteiger partial charge in [0.1, 0.15) is 5.82 Å². The van der Waals surface area contributed by atoms with Crippen molar-refractivity contribution in [2.24, 2.45) is 0 Å². The van der Waals surface area contributed by atoms with E-state index >= 15 is 0 Å². The van der Waals surface area contributed by atoms with Gasteiger partial charge in [-0.1, -0.05) is 28.9 Å². The van der Waals surface area contributed by atoms with Gasteiger partial charge in [-0.25, -0.2) is 4.98 Å². The second-order valence-electron chi connectivity index (χ2n) is 4.64. The molecule has 0 fully saturated rings. The highest BCUT2D eigenvalue weighted by atomic mass is 79.9. The number of hydrogen-bond acceptors (Lipinski definition) is 2. The number of halogens is 1. The molecule has 1 aromatic carbocycles.